The summed E-state index contributed by atoms with van der Waals surface area (Å²) >= 11 is 1.30. The van der Waals surface area contributed by atoms with Gasteiger partial charge >= 0.3 is 0 Å². The second kappa shape index (κ2) is 8.44. The van der Waals surface area contributed by atoms with E-state index in [1.54, 1.807) is 37.7 Å². The van der Waals surface area contributed by atoms with E-state index in [0.29, 0.717) is 29.6 Å². The highest BCUT2D eigenvalue weighted by atomic mass is 32.2. The van der Waals surface area contributed by atoms with Gasteiger partial charge in [0, 0.05) is 24.9 Å². The lowest BCUT2D eigenvalue weighted by molar-refractivity contribution is -0.113. The first kappa shape index (κ1) is 17.2. The predicted octanol–water partition coefficient (Wildman–Crippen LogP) is 1.86. The summed E-state index contributed by atoms with van der Waals surface area (Å²) < 4.78 is 6.84. The number of hydrogen-bond donors (Lipinski definition) is 1. The quantitative estimate of drug-likeness (QED) is 0.586. The zero-order valence-corrected chi connectivity index (χ0v) is 13.8. The van der Waals surface area contributed by atoms with Crippen molar-refractivity contribution in [3.63, 3.8) is 0 Å². The molecular weight excluding hydrogens is 316 g/mol. The minimum atomic E-state index is -0.169. The molecule has 23 heavy (non-hydrogen) atoms. The van der Waals surface area contributed by atoms with Crippen molar-refractivity contribution in [3.05, 3.63) is 36.2 Å². The van der Waals surface area contributed by atoms with Crippen LogP contribution >= 0.6 is 11.8 Å². The van der Waals surface area contributed by atoms with Crippen LogP contribution in [-0.4, -0.2) is 45.9 Å². The average molecular weight is 334 g/mol. The lowest BCUT2D eigenvalue weighted by Crippen LogP contribution is -2.15. The van der Waals surface area contributed by atoms with Crippen molar-refractivity contribution in [3.8, 4) is 0 Å². The molecule has 0 fully saturated rings. The Kier molecular flexibility index (Phi) is 6.30. The van der Waals surface area contributed by atoms with Crippen LogP contribution in [0.25, 0.3) is 0 Å². The van der Waals surface area contributed by atoms with Crippen LogP contribution < -0.4 is 5.32 Å². The van der Waals surface area contributed by atoms with Gasteiger partial charge in [-0.3, -0.25) is 9.59 Å². The van der Waals surface area contributed by atoms with Crippen LogP contribution in [0.15, 0.2) is 35.7 Å². The maximum atomic E-state index is 12.0. The van der Waals surface area contributed by atoms with Crippen LogP contribution in [0.1, 0.15) is 17.3 Å². The molecule has 1 aromatic carbocycles. The normalized spacial score (nSPS) is 10.5. The molecule has 0 unspecified atom stereocenters. The molecular formula is C15H18N4O3S. The number of carbonyl (C=O) groups is 2. The maximum absolute atomic E-state index is 12.0. The molecule has 0 radical (unpaired) electrons. The minimum Gasteiger partial charge on any atom is -0.383 e. The third-order valence-corrected chi connectivity index (χ3v) is 3.98. The first-order valence-corrected chi connectivity index (χ1v) is 7.99. The average Bonchev–Trinajstić information content (AvgIpc) is 2.98. The van der Waals surface area contributed by atoms with Gasteiger partial charge in [0.05, 0.1) is 12.4 Å². The van der Waals surface area contributed by atoms with Gasteiger partial charge in [0.1, 0.15) is 6.33 Å². The number of nitrogens with one attached hydrogen (secondary N) is 1. The fourth-order valence-corrected chi connectivity index (χ4v) is 2.58. The molecule has 0 bridgehead atoms. The van der Waals surface area contributed by atoms with E-state index in [4.69, 9.17) is 4.74 Å². The molecule has 0 aliphatic rings. The number of aromatic nitrogens is 3. The number of ether oxygens (including phenoxy) is 1. The number of ketones is 1. The van der Waals surface area contributed by atoms with Gasteiger partial charge in [0.25, 0.3) is 0 Å². The van der Waals surface area contributed by atoms with Gasteiger partial charge in [-0.2, -0.15) is 0 Å². The van der Waals surface area contributed by atoms with Crippen LogP contribution in [0.3, 0.4) is 0 Å². The van der Waals surface area contributed by atoms with E-state index >= 15 is 0 Å². The molecule has 2 rings (SSSR count). The molecule has 0 spiro atoms. The largest absolute Gasteiger partial charge is 0.383 e. The van der Waals surface area contributed by atoms with Crippen LogP contribution in [-0.2, 0) is 16.1 Å². The second-order valence-corrected chi connectivity index (χ2v) is 5.72. The Morgan fingerprint density at radius 2 is 2.22 bits per heavy atom. The highest BCUT2D eigenvalue weighted by Crippen LogP contribution is 2.16. The summed E-state index contributed by atoms with van der Waals surface area (Å²) in [6.45, 7) is 2.67. The lowest BCUT2D eigenvalue weighted by atomic mass is 10.1. The smallest absolute Gasteiger partial charge is 0.234 e. The predicted molar refractivity (Wildman–Crippen MR) is 87.7 cm³/mol. The van der Waals surface area contributed by atoms with Crippen molar-refractivity contribution >= 4 is 29.1 Å². The molecule has 0 saturated carbocycles. The lowest BCUT2D eigenvalue weighted by Gasteiger charge is -2.07. The summed E-state index contributed by atoms with van der Waals surface area (Å²) in [5, 5.41) is 11.2. The van der Waals surface area contributed by atoms with Crippen molar-refractivity contribution in [2.45, 2.75) is 18.6 Å². The molecule has 1 amide bonds. The number of anilines is 1. The highest BCUT2D eigenvalue weighted by Gasteiger charge is 2.09. The topological polar surface area (TPSA) is 86.1 Å². The minimum absolute atomic E-state index is 0.0401. The third kappa shape index (κ3) is 5.19. The van der Waals surface area contributed by atoms with Crippen molar-refractivity contribution in [1.29, 1.82) is 0 Å². The molecule has 8 heteroatoms. The number of thioether (sulfide) groups is 1. The van der Waals surface area contributed by atoms with Crippen molar-refractivity contribution in [2.75, 3.05) is 24.8 Å². The van der Waals surface area contributed by atoms with Gasteiger partial charge in [-0.25, -0.2) is 0 Å². The summed E-state index contributed by atoms with van der Waals surface area (Å²) in [5.74, 6) is -0.00519. The Morgan fingerprint density at radius 1 is 1.39 bits per heavy atom. The van der Waals surface area contributed by atoms with E-state index in [0.717, 1.165) is 0 Å². The molecule has 0 saturated heterocycles. The molecule has 0 aliphatic heterocycles. The van der Waals surface area contributed by atoms with Crippen molar-refractivity contribution in [1.82, 2.24) is 14.8 Å². The maximum Gasteiger partial charge on any atom is 0.234 e. The van der Waals surface area contributed by atoms with E-state index in [1.165, 1.54) is 18.7 Å². The number of rotatable bonds is 8. The number of nitrogens with zero attached hydrogens (tertiary/aromatic N) is 3. The van der Waals surface area contributed by atoms with E-state index in [1.807, 2.05) is 4.57 Å². The third-order valence-electron chi connectivity index (χ3n) is 3.00. The molecule has 1 N–H and O–H groups in total. The number of benzene rings is 1. The first-order chi connectivity index (χ1) is 11.1. The summed E-state index contributed by atoms with van der Waals surface area (Å²) in [6.07, 6.45) is 1.61. The summed E-state index contributed by atoms with van der Waals surface area (Å²) in [4.78, 5) is 23.4. The second-order valence-electron chi connectivity index (χ2n) is 4.77. The number of methoxy groups -OCH3 is 1. The highest BCUT2D eigenvalue weighted by molar-refractivity contribution is 7.99. The molecule has 122 valence electrons. The molecule has 0 atom stereocenters. The Labute approximate surface area is 138 Å². The number of hydrogen-bond acceptors (Lipinski definition) is 6. The molecule has 1 heterocycles. The molecule has 2 aromatic rings. The molecule has 1 aromatic heterocycles. The van der Waals surface area contributed by atoms with Crippen LogP contribution in [0.5, 0.6) is 0 Å². The zero-order valence-electron chi connectivity index (χ0n) is 13.0. The zero-order chi connectivity index (χ0) is 16.7. The van der Waals surface area contributed by atoms with Crippen LogP contribution in [0, 0.1) is 0 Å². The summed E-state index contributed by atoms with van der Waals surface area (Å²) in [6, 6.07) is 6.86. The van der Waals surface area contributed by atoms with Gasteiger partial charge in [-0.1, -0.05) is 23.9 Å². The Morgan fingerprint density at radius 3 is 2.96 bits per heavy atom. The van der Waals surface area contributed by atoms with Gasteiger partial charge in [0.15, 0.2) is 10.9 Å². The summed E-state index contributed by atoms with van der Waals surface area (Å²) in [5.41, 5.74) is 1.17. The van der Waals surface area contributed by atoms with Gasteiger partial charge < -0.3 is 14.6 Å². The van der Waals surface area contributed by atoms with E-state index < -0.39 is 0 Å². The van der Waals surface area contributed by atoms with Gasteiger partial charge in [-0.05, 0) is 19.1 Å². The van der Waals surface area contributed by atoms with Crippen LogP contribution in [0.4, 0.5) is 5.69 Å². The van der Waals surface area contributed by atoms with E-state index in [9.17, 15) is 9.59 Å². The fourth-order valence-electron chi connectivity index (χ4n) is 1.84. The van der Waals surface area contributed by atoms with Gasteiger partial charge in [-0.15, -0.1) is 10.2 Å². The van der Waals surface area contributed by atoms with Crippen molar-refractivity contribution in [2.24, 2.45) is 0 Å². The van der Waals surface area contributed by atoms with Gasteiger partial charge in [0.2, 0.25) is 5.91 Å². The van der Waals surface area contributed by atoms with E-state index in [2.05, 4.69) is 15.5 Å². The van der Waals surface area contributed by atoms with E-state index in [-0.39, 0.29) is 17.4 Å². The monoisotopic (exact) mass is 334 g/mol. The Bertz CT molecular complexity index is 687. The Balaban J connectivity index is 1.89. The molecule has 7 nitrogen and oxygen atoms in total. The van der Waals surface area contributed by atoms with Crippen LogP contribution in [0.2, 0.25) is 0 Å². The fraction of sp³-hybridized carbons (Fsp3) is 0.333. The Hall–Kier alpha value is -2.19. The summed E-state index contributed by atoms with van der Waals surface area (Å²) in [7, 11) is 1.62. The SMILES string of the molecule is COCCn1cnnc1SCC(=O)Nc1cccc(C(C)=O)c1. The first-order valence-electron chi connectivity index (χ1n) is 7.00. The standard InChI is InChI=1S/C15H18N4O3S/c1-11(20)12-4-3-5-13(8-12)17-14(21)9-23-15-18-16-10-19(15)6-7-22-2/h3-5,8,10H,6-7,9H2,1-2H3,(H,17,21). The number of carbonyl (C=O) groups excluding carboxylic acids is 2. The number of Topliss-reactive ketones (excluding diaryl/α,β-unsaturated/α-hetero) is 1. The number of amides is 1. The van der Waals surface area contributed by atoms with Crippen molar-refractivity contribution < 1.29 is 14.3 Å². The molecule has 0 aliphatic carbocycles.